The lowest BCUT2D eigenvalue weighted by Crippen LogP contribution is -2.36. The first-order chi connectivity index (χ1) is 18.7. The summed E-state index contributed by atoms with van der Waals surface area (Å²) in [6.07, 6.45) is 5.44. The van der Waals surface area contributed by atoms with Crippen LogP contribution >= 0.6 is 23.2 Å². The molecule has 0 N–H and O–H groups in total. The highest BCUT2D eigenvalue weighted by atomic mass is 35.5. The van der Waals surface area contributed by atoms with Gasteiger partial charge in [-0.1, -0.05) is 28.4 Å². The molecule has 5 rings (SSSR count). The van der Waals surface area contributed by atoms with Gasteiger partial charge in [-0.3, -0.25) is 4.68 Å². The van der Waals surface area contributed by atoms with Gasteiger partial charge in [0.2, 0.25) is 5.69 Å². The summed E-state index contributed by atoms with van der Waals surface area (Å²) in [7, 11) is 1.64. The normalized spacial score (nSPS) is 12.4. The number of alkyl halides is 2. The highest BCUT2D eigenvalue weighted by Crippen LogP contribution is 2.34. The number of hydrogen-bond acceptors (Lipinski definition) is 8. The molecular formula is C22H17Cl2F3N10O2. The van der Waals surface area contributed by atoms with Gasteiger partial charge in [0.25, 0.3) is 0 Å². The smallest absolute Gasteiger partial charge is 0.345 e. The molecular weight excluding hydrogens is 564 g/mol. The van der Waals surface area contributed by atoms with Crippen LogP contribution in [0.5, 0.6) is 0 Å². The Balaban J connectivity index is 1.55. The quantitative estimate of drug-likeness (QED) is 0.191. The van der Waals surface area contributed by atoms with E-state index in [9.17, 15) is 14.0 Å². The average Bonchev–Trinajstić information content (AvgIpc) is 3.66. The van der Waals surface area contributed by atoms with Gasteiger partial charge in [0.15, 0.2) is 17.2 Å². The second-order valence-corrected chi connectivity index (χ2v) is 8.94. The van der Waals surface area contributed by atoms with Crippen molar-refractivity contribution in [3.8, 4) is 28.1 Å². The van der Waals surface area contributed by atoms with Crippen LogP contribution in [-0.2, 0) is 11.8 Å². The van der Waals surface area contributed by atoms with Crippen LogP contribution in [-0.4, -0.2) is 58.2 Å². The number of benzene rings is 1. The van der Waals surface area contributed by atoms with Crippen molar-refractivity contribution in [1.29, 1.82) is 0 Å². The zero-order valence-corrected chi connectivity index (χ0v) is 21.4. The van der Waals surface area contributed by atoms with E-state index in [1.165, 1.54) is 50.8 Å². The number of aryl methyl sites for hydroxylation is 1. The Hall–Kier alpha value is -4.08. The first-order valence-corrected chi connectivity index (χ1v) is 11.9. The Morgan fingerprint density at radius 3 is 2.62 bits per heavy atom. The van der Waals surface area contributed by atoms with Gasteiger partial charge in [-0.25, -0.2) is 9.07 Å². The maximum Gasteiger partial charge on any atom is 0.345 e. The molecule has 5 aromatic rings. The van der Waals surface area contributed by atoms with Crippen LogP contribution in [0.2, 0.25) is 10.2 Å². The van der Waals surface area contributed by atoms with E-state index in [0.717, 1.165) is 6.20 Å². The highest BCUT2D eigenvalue weighted by molar-refractivity contribution is 6.31. The fraction of sp³-hybridized carbons (Fsp3) is 0.227. The first-order valence-electron chi connectivity index (χ1n) is 11.2. The van der Waals surface area contributed by atoms with E-state index in [0.29, 0.717) is 16.0 Å². The van der Waals surface area contributed by atoms with Crippen molar-refractivity contribution in [2.75, 3.05) is 6.61 Å². The molecule has 0 unspecified atom stereocenters. The SMILES string of the molecule is Cn1nnc(Cl)c1-c1cnn([C@@H](CCOC(F)F)c2ccc(-c3c(-n4cnnn4)ccc(Cl)c3F)c[n+]2[O-])c1. The average molecular weight is 581 g/mol. The fourth-order valence-corrected chi connectivity index (χ4v) is 4.55. The molecule has 1 aromatic carbocycles. The summed E-state index contributed by atoms with van der Waals surface area (Å²) < 4.78 is 49.6. The number of ether oxygens (including phenoxy) is 1. The number of aromatic nitrogens is 10. The van der Waals surface area contributed by atoms with E-state index in [2.05, 4.69) is 35.7 Å². The van der Waals surface area contributed by atoms with Gasteiger partial charge in [0.05, 0.1) is 34.6 Å². The summed E-state index contributed by atoms with van der Waals surface area (Å²) in [4.78, 5) is 0. The molecule has 0 aliphatic carbocycles. The summed E-state index contributed by atoms with van der Waals surface area (Å²) in [6.45, 7) is -3.37. The minimum absolute atomic E-state index is 0.0109. The molecule has 0 bridgehead atoms. The van der Waals surface area contributed by atoms with Crippen molar-refractivity contribution in [1.82, 2.24) is 45.0 Å². The van der Waals surface area contributed by atoms with Crippen LogP contribution in [0, 0.1) is 11.0 Å². The third-order valence-electron chi connectivity index (χ3n) is 5.86. The third kappa shape index (κ3) is 5.28. The fourth-order valence-electron chi connectivity index (χ4n) is 4.13. The van der Waals surface area contributed by atoms with Crippen molar-refractivity contribution in [2.45, 2.75) is 19.1 Å². The van der Waals surface area contributed by atoms with E-state index >= 15 is 4.39 Å². The van der Waals surface area contributed by atoms with E-state index in [-0.39, 0.29) is 45.7 Å². The standard InChI is InChI=1S/C22H17Cl2F3N10O2/c1-34-20(21(24)30-32-34)13-8-29-35(9-13)15(6-7-39-22(26)27)16-4-2-12(10-37(16)38)18-17(36-11-28-31-33-36)5-3-14(23)19(18)25/h2-5,8-11,15,22H,6-7H2,1H3/t15-/m0/s1. The molecule has 0 spiro atoms. The van der Waals surface area contributed by atoms with Crippen LogP contribution in [0.4, 0.5) is 13.2 Å². The van der Waals surface area contributed by atoms with Gasteiger partial charge in [-0.2, -0.15) is 23.3 Å². The molecule has 0 saturated heterocycles. The van der Waals surface area contributed by atoms with Gasteiger partial charge in [0.1, 0.15) is 18.1 Å². The monoisotopic (exact) mass is 580 g/mol. The van der Waals surface area contributed by atoms with Crippen molar-refractivity contribution in [2.24, 2.45) is 7.05 Å². The number of halogens is 5. The lowest BCUT2D eigenvalue weighted by atomic mass is 10.0. The Labute approximate surface area is 227 Å². The summed E-state index contributed by atoms with van der Waals surface area (Å²) >= 11 is 12.2. The molecule has 0 aliphatic heterocycles. The lowest BCUT2D eigenvalue weighted by Gasteiger charge is -2.18. The van der Waals surface area contributed by atoms with Gasteiger partial charge in [0, 0.05) is 31.3 Å². The number of nitrogens with zero attached hydrogens (tertiary/aromatic N) is 10. The molecule has 0 aliphatic rings. The maximum absolute atomic E-state index is 15.2. The highest BCUT2D eigenvalue weighted by Gasteiger charge is 2.27. The minimum Gasteiger partial charge on any atom is -0.618 e. The van der Waals surface area contributed by atoms with Crippen molar-refractivity contribution < 1.29 is 22.6 Å². The van der Waals surface area contributed by atoms with Crippen molar-refractivity contribution in [3.05, 3.63) is 76.1 Å². The molecule has 39 heavy (non-hydrogen) atoms. The van der Waals surface area contributed by atoms with Crippen molar-refractivity contribution in [3.63, 3.8) is 0 Å². The number of tetrazole rings is 1. The van der Waals surface area contributed by atoms with Crippen LogP contribution in [0.25, 0.3) is 28.1 Å². The van der Waals surface area contributed by atoms with Crippen molar-refractivity contribution >= 4 is 23.2 Å². The first kappa shape index (κ1) is 26.5. The molecule has 4 heterocycles. The summed E-state index contributed by atoms with van der Waals surface area (Å²) in [5.74, 6) is -0.780. The van der Waals surface area contributed by atoms with E-state index in [1.807, 2.05) is 0 Å². The summed E-state index contributed by atoms with van der Waals surface area (Å²) in [5.41, 5.74) is 1.55. The van der Waals surface area contributed by atoms with Gasteiger partial charge >= 0.3 is 6.61 Å². The van der Waals surface area contributed by atoms with E-state index in [1.54, 1.807) is 13.2 Å². The number of pyridine rings is 1. The molecule has 0 saturated carbocycles. The Morgan fingerprint density at radius 1 is 1.13 bits per heavy atom. The second-order valence-electron chi connectivity index (χ2n) is 8.18. The second kappa shape index (κ2) is 11.0. The van der Waals surface area contributed by atoms with E-state index in [4.69, 9.17) is 23.2 Å². The molecule has 0 amide bonds. The third-order valence-corrected chi connectivity index (χ3v) is 6.40. The zero-order chi connectivity index (χ0) is 27.7. The predicted octanol–water partition coefficient (Wildman–Crippen LogP) is 3.62. The van der Waals surface area contributed by atoms with E-state index < -0.39 is 18.5 Å². The molecule has 4 aromatic heterocycles. The summed E-state index contributed by atoms with van der Waals surface area (Å²) in [6, 6.07) is 4.95. The van der Waals surface area contributed by atoms with Gasteiger partial charge in [-0.05, 0) is 28.6 Å². The van der Waals surface area contributed by atoms with Gasteiger partial charge < -0.3 is 9.94 Å². The molecule has 0 fully saturated rings. The van der Waals surface area contributed by atoms with Crippen LogP contribution in [0.3, 0.4) is 0 Å². The van der Waals surface area contributed by atoms with Crippen LogP contribution in [0.15, 0.2) is 49.2 Å². The summed E-state index contributed by atoms with van der Waals surface area (Å²) in [5, 5.41) is 36.1. The largest absolute Gasteiger partial charge is 0.618 e. The number of rotatable bonds is 9. The minimum atomic E-state index is -2.99. The molecule has 0 radical (unpaired) electrons. The molecule has 202 valence electrons. The Morgan fingerprint density at radius 2 is 1.95 bits per heavy atom. The lowest BCUT2D eigenvalue weighted by molar-refractivity contribution is -0.615. The number of hydrogen-bond donors (Lipinski definition) is 0. The van der Waals surface area contributed by atoms with Gasteiger partial charge in [-0.15, -0.1) is 10.2 Å². The topological polar surface area (TPSA) is 128 Å². The Bertz CT molecular complexity index is 1590. The van der Waals surface area contributed by atoms with Crippen LogP contribution < -0.4 is 4.73 Å². The maximum atomic E-state index is 15.2. The Kier molecular flexibility index (Phi) is 7.45. The van der Waals surface area contributed by atoms with Crippen LogP contribution in [0.1, 0.15) is 18.2 Å². The predicted molar refractivity (Wildman–Crippen MR) is 130 cm³/mol. The zero-order valence-electron chi connectivity index (χ0n) is 19.9. The molecule has 17 heteroatoms. The molecule has 1 atom stereocenters. The molecule has 12 nitrogen and oxygen atoms in total.